The lowest BCUT2D eigenvalue weighted by atomic mass is 10.1. The minimum absolute atomic E-state index is 0.422. The molecule has 80 valence electrons. The van der Waals surface area contributed by atoms with Crippen LogP contribution >= 0.6 is 23.2 Å². The van der Waals surface area contributed by atoms with E-state index in [9.17, 15) is 0 Å². The zero-order valence-corrected chi connectivity index (χ0v) is 9.92. The Labute approximate surface area is 102 Å². The van der Waals surface area contributed by atoms with Crippen LogP contribution in [0.5, 0.6) is 0 Å². The van der Waals surface area contributed by atoms with Crippen LogP contribution in [0.3, 0.4) is 0 Å². The molecule has 3 aromatic rings. The monoisotopic (exact) mass is 251 g/mol. The van der Waals surface area contributed by atoms with Crippen LogP contribution in [0, 0.1) is 0 Å². The maximum Gasteiger partial charge on any atom is 0.157 e. The number of benzene rings is 1. The highest BCUT2D eigenvalue weighted by Gasteiger charge is 2.10. The summed E-state index contributed by atoms with van der Waals surface area (Å²) >= 11 is 12.0. The Morgan fingerprint density at radius 1 is 1.19 bits per heavy atom. The Morgan fingerprint density at radius 2 is 2.00 bits per heavy atom. The molecule has 5 heteroatoms. The van der Waals surface area contributed by atoms with Crippen LogP contribution in [-0.4, -0.2) is 14.8 Å². The van der Waals surface area contributed by atoms with Crippen molar-refractivity contribution in [3.63, 3.8) is 0 Å². The average molecular weight is 252 g/mol. The SMILES string of the molecule is Cn1cc2c(n1)c(Cl)nc1ccc(Cl)cc12. The van der Waals surface area contributed by atoms with Crippen molar-refractivity contribution in [2.45, 2.75) is 0 Å². The summed E-state index contributed by atoms with van der Waals surface area (Å²) in [7, 11) is 1.85. The number of nitrogens with zero attached hydrogens (tertiary/aromatic N) is 3. The number of rotatable bonds is 0. The molecule has 0 atom stereocenters. The topological polar surface area (TPSA) is 30.7 Å². The summed E-state index contributed by atoms with van der Waals surface area (Å²) in [5.74, 6) is 0. The molecule has 0 saturated heterocycles. The van der Waals surface area contributed by atoms with Crippen molar-refractivity contribution in [1.82, 2.24) is 14.8 Å². The summed E-state index contributed by atoms with van der Waals surface area (Å²) in [4.78, 5) is 4.29. The van der Waals surface area contributed by atoms with Crippen LogP contribution in [0.2, 0.25) is 10.2 Å². The molecule has 0 unspecified atom stereocenters. The fourth-order valence-electron chi connectivity index (χ4n) is 1.82. The molecule has 0 aliphatic carbocycles. The minimum Gasteiger partial charge on any atom is -0.274 e. The first-order valence-corrected chi connectivity index (χ1v) is 5.49. The van der Waals surface area contributed by atoms with Crippen LogP contribution in [0.4, 0.5) is 0 Å². The van der Waals surface area contributed by atoms with Crippen LogP contribution in [0.25, 0.3) is 21.8 Å². The van der Waals surface area contributed by atoms with Gasteiger partial charge in [-0.3, -0.25) is 4.68 Å². The smallest absolute Gasteiger partial charge is 0.157 e. The number of hydrogen-bond acceptors (Lipinski definition) is 2. The molecule has 2 heterocycles. The molecule has 2 aromatic heterocycles. The lowest BCUT2D eigenvalue weighted by molar-refractivity contribution is 0.779. The number of fused-ring (bicyclic) bond motifs is 3. The molecule has 0 aliphatic heterocycles. The van der Waals surface area contributed by atoms with Crippen LogP contribution < -0.4 is 0 Å². The zero-order valence-electron chi connectivity index (χ0n) is 8.41. The van der Waals surface area contributed by atoms with Gasteiger partial charge in [-0.25, -0.2) is 4.98 Å². The summed E-state index contributed by atoms with van der Waals surface area (Å²) in [5.41, 5.74) is 1.54. The van der Waals surface area contributed by atoms with Gasteiger partial charge < -0.3 is 0 Å². The molecule has 0 saturated carbocycles. The first kappa shape index (κ1) is 9.87. The molecule has 3 rings (SSSR count). The second-order valence-corrected chi connectivity index (χ2v) is 4.42. The highest BCUT2D eigenvalue weighted by molar-refractivity contribution is 6.36. The predicted octanol–water partition coefficient (Wildman–Crippen LogP) is 3.43. The zero-order chi connectivity index (χ0) is 11.3. The number of aromatic nitrogens is 3. The molecule has 0 N–H and O–H groups in total. The number of halogens is 2. The summed E-state index contributed by atoms with van der Waals surface area (Å²) < 4.78 is 1.72. The predicted molar refractivity (Wildman–Crippen MR) is 66.0 cm³/mol. The van der Waals surface area contributed by atoms with Crippen LogP contribution in [-0.2, 0) is 7.05 Å². The van der Waals surface area contributed by atoms with E-state index in [0.29, 0.717) is 15.7 Å². The lowest BCUT2D eigenvalue weighted by Gasteiger charge is -2.00. The summed E-state index contributed by atoms with van der Waals surface area (Å²) in [6.07, 6.45) is 1.92. The maximum absolute atomic E-state index is 6.07. The molecular formula is C11H7Cl2N3. The molecule has 0 fully saturated rings. The van der Waals surface area contributed by atoms with Gasteiger partial charge in [-0.15, -0.1) is 0 Å². The largest absolute Gasteiger partial charge is 0.274 e. The minimum atomic E-state index is 0.422. The van der Waals surface area contributed by atoms with Crippen molar-refractivity contribution >= 4 is 45.0 Å². The third-order valence-electron chi connectivity index (χ3n) is 2.49. The molecule has 16 heavy (non-hydrogen) atoms. The molecule has 0 bridgehead atoms. The number of pyridine rings is 1. The fraction of sp³-hybridized carbons (Fsp3) is 0.0909. The molecule has 0 aliphatic rings. The number of aryl methyl sites for hydroxylation is 1. The lowest BCUT2D eigenvalue weighted by Crippen LogP contribution is -1.86. The van der Waals surface area contributed by atoms with Crippen molar-refractivity contribution in [3.05, 3.63) is 34.6 Å². The van der Waals surface area contributed by atoms with Gasteiger partial charge in [0.05, 0.1) is 5.52 Å². The third-order valence-corrected chi connectivity index (χ3v) is 2.99. The van der Waals surface area contributed by atoms with Gasteiger partial charge in [-0.05, 0) is 18.2 Å². The summed E-state index contributed by atoms with van der Waals surface area (Å²) in [6, 6.07) is 5.54. The first-order valence-electron chi connectivity index (χ1n) is 4.73. The van der Waals surface area contributed by atoms with Gasteiger partial charge in [0.25, 0.3) is 0 Å². The van der Waals surface area contributed by atoms with E-state index >= 15 is 0 Å². The van der Waals surface area contributed by atoms with E-state index in [2.05, 4.69) is 10.1 Å². The molecule has 0 radical (unpaired) electrons. The standard InChI is InChI=1S/C11H7Cl2N3/c1-16-5-8-7-4-6(12)2-3-9(7)14-11(13)10(8)15-16/h2-5H,1H3. The van der Waals surface area contributed by atoms with Crippen LogP contribution in [0.1, 0.15) is 0 Å². The van der Waals surface area contributed by atoms with Gasteiger partial charge in [-0.2, -0.15) is 5.10 Å². The Bertz CT molecular complexity index is 703. The van der Waals surface area contributed by atoms with Gasteiger partial charge in [0.1, 0.15) is 5.52 Å². The van der Waals surface area contributed by atoms with Gasteiger partial charge in [0.2, 0.25) is 0 Å². The van der Waals surface area contributed by atoms with Gasteiger partial charge in [0, 0.05) is 29.0 Å². The van der Waals surface area contributed by atoms with Crippen molar-refractivity contribution < 1.29 is 0 Å². The van der Waals surface area contributed by atoms with Crippen molar-refractivity contribution in [3.8, 4) is 0 Å². The third kappa shape index (κ3) is 1.36. The molecule has 1 aromatic carbocycles. The van der Waals surface area contributed by atoms with E-state index < -0.39 is 0 Å². The second kappa shape index (κ2) is 3.34. The highest BCUT2D eigenvalue weighted by Crippen LogP contribution is 2.29. The molecule has 0 amide bonds. The average Bonchev–Trinajstić information content (AvgIpc) is 2.62. The van der Waals surface area contributed by atoms with Crippen molar-refractivity contribution in [2.24, 2.45) is 7.05 Å². The maximum atomic E-state index is 6.07. The highest BCUT2D eigenvalue weighted by atomic mass is 35.5. The molecular weight excluding hydrogens is 245 g/mol. The fourth-order valence-corrected chi connectivity index (χ4v) is 2.22. The normalized spacial score (nSPS) is 11.4. The second-order valence-electron chi connectivity index (χ2n) is 3.63. The van der Waals surface area contributed by atoms with E-state index in [4.69, 9.17) is 23.2 Å². The Hall–Kier alpha value is -1.32. The van der Waals surface area contributed by atoms with Crippen molar-refractivity contribution in [2.75, 3.05) is 0 Å². The van der Waals surface area contributed by atoms with E-state index in [0.717, 1.165) is 16.3 Å². The van der Waals surface area contributed by atoms with E-state index in [1.807, 2.05) is 25.4 Å². The van der Waals surface area contributed by atoms with Gasteiger partial charge in [-0.1, -0.05) is 23.2 Å². The summed E-state index contributed by atoms with van der Waals surface area (Å²) in [5, 5.41) is 7.32. The Morgan fingerprint density at radius 3 is 2.81 bits per heavy atom. The molecule has 0 spiro atoms. The quantitative estimate of drug-likeness (QED) is 0.574. The Kier molecular flexibility index (Phi) is 2.06. The van der Waals surface area contributed by atoms with Gasteiger partial charge in [0.15, 0.2) is 5.15 Å². The van der Waals surface area contributed by atoms with E-state index in [-0.39, 0.29) is 0 Å². The van der Waals surface area contributed by atoms with Crippen molar-refractivity contribution in [1.29, 1.82) is 0 Å². The van der Waals surface area contributed by atoms with E-state index in [1.54, 1.807) is 10.7 Å². The number of hydrogen-bond donors (Lipinski definition) is 0. The summed E-state index contributed by atoms with van der Waals surface area (Å²) in [6.45, 7) is 0. The van der Waals surface area contributed by atoms with E-state index in [1.165, 1.54) is 0 Å². The Balaban J connectivity index is 2.59. The van der Waals surface area contributed by atoms with Gasteiger partial charge >= 0.3 is 0 Å². The first-order chi connectivity index (χ1) is 7.65. The molecule has 3 nitrogen and oxygen atoms in total. The van der Waals surface area contributed by atoms with Crippen LogP contribution in [0.15, 0.2) is 24.4 Å².